The lowest BCUT2D eigenvalue weighted by Crippen LogP contribution is -2.09. The normalized spacial score (nSPS) is 11.0. The number of amides is 1. The van der Waals surface area contributed by atoms with Gasteiger partial charge in [-0.05, 0) is 30.2 Å². The number of methoxy groups -OCH3 is 2. The molecular formula is C18H19NO3. The Kier molecular flexibility index (Phi) is 5.20. The Bertz CT molecular complexity index is 678. The highest BCUT2D eigenvalue weighted by Crippen LogP contribution is 2.29. The number of allylic oxidation sites excluding steroid dienone is 1. The molecule has 0 saturated heterocycles. The molecule has 0 heterocycles. The fourth-order valence-corrected chi connectivity index (χ4v) is 2.05. The molecule has 0 unspecified atom stereocenters. The summed E-state index contributed by atoms with van der Waals surface area (Å²) in [7, 11) is 3.13. The number of carbonyl (C=O) groups excluding carboxylic acids is 1. The quantitative estimate of drug-likeness (QED) is 0.855. The summed E-state index contributed by atoms with van der Waals surface area (Å²) in [6.07, 6.45) is 1.57. The first-order chi connectivity index (χ1) is 10.6. The summed E-state index contributed by atoms with van der Waals surface area (Å²) < 4.78 is 10.4. The van der Waals surface area contributed by atoms with Gasteiger partial charge < -0.3 is 14.8 Å². The molecule has 0 bridgehead atoms. The van der Waals surface area contributed by atoms with E-state index in [1.807, 2.05) is 37.3 Å². The average Bonchev–Trinajstić information content (AvgIpc) is 2.55. The van der Waals surface area contributed by atoms with Crippen LogP contribution in [-0.4, -0.2) is 20.1 Å². The summed E-state index contributed by atoms with van der Waals surface area (Å²) in [4.78, 5) is 12.1. The molecule has 114 valence electrons. The molecule has 0 aliphatic rings. The third kappa shape index (κ3) is 3.88. The van der Waals surface area contributed by atoms with E-state index in [4.69, 9.17) is 9.47 Å². The number of rotatable bonds is 5. The van der Waals surface area contributed by atoms with Crippen molar-refractivity contribution < 1.29 is 14.3 Å². The van der Waals surface area contributed by atoms with Crippen LogP contribution in [0.25, 0.3) is 5.57 Å². The summed E-state index contributed by atoms with van der Waals surface area (Å²) in [5.41, 5.74) is 2.51. The minimum absolute atomic E-state index is 0.204. The van der Waals surface area contributed by atoms with Crippen molar-refractivity contribution >= 4 is 17.2 Å². The van der Waals surface area contributed by atoms with E-state index in [1.54, 1.807) is 38.5 Å². The van der Waals surface area contributed by atoms with Crippen LogP contribution in [-0.2, 0) is 4.79 Å². The van der Waals surface area contributed by atoms with Gasteiger partial charge in [-0.15, -0.1) is 0 Å². The molecule has 4 heteroatoms. The lowest BCUT2D eigenvalue weighted by Gasteiger charge is -2.11. The largest absolute Gasteiger partial charge is 0.497 e. The number of carbonyl (C=O) groups is 1. The topological polar surface area (TPSA) is 47.6 Å². The molecule has 2 rings (SSSR count). The fourth-order valence-electron chi connectivity index (χ4n) is 2.05. The number of hydrogen-bond acceptors (Lipinski definition) is 3. The van der Waals surface area contributed by atoms with Crippen LogP contribution in [0.15, 0.2) is 54.6 Å². The van der Waals surface area contributed by atoms with Crippen molar-refractivity contribution in [3.8, 4) is 11.5 Å². The maximum absolute atomic E-state index is 12.1. The van der Waals surface area contributed by atoms with E-state index >= 15 is 0 Å². The highest BCUT2D eigenvalue weighted by Gasteiger charge is 2.08. The van der Waals surface area contributed by atoms with Crippen LogP contribution >= 0.6 is 0 Å². The van der Waals surface area contributed by atoms with Crippen molar-refractivity contribution in [1.82, 2.24) is 0 Å². The Balaban J connectivity index is 2.15. The van der Waals surface area contributed by atoms with Crippen LogP contribution in [0.1, 0.15) is 12.5 Å². The molecule has 0 fully saturated rings. The molecule has 1 N–H and O–H groups in total. The first-order valence-electron chi connectivity index (χ1n) is 6.90. The van der Waals surface area contributed by atoms with Gasteiger partial charge in [-0.25, -0.2) is 0 Å². The van der Waals surface area contributed by atoms with Gasteiger partial charge in [-0.2, -0.15) is 0 Å². The Morgan fingerprint density at radius 3 is 2.41 bits per heavy atom. The molecule has 0 spiro atoms. The zero-order valence-electron chi connectivity index (χ0n) is 12.9. The lowest BCUT2D eigenvalue weighted by atomic mass is 10.1. The Labute approximate surface area is 130 Å². The number of benzene rings is 2. The first-order valence-corrected chi connectivity index (χ1v) is 6.90. The van der Waals surface area contributed by atoms with Crippen molar-refractivity contribution in [3.63, 3.8) is 0 Å². The van der Waals surface area contributed by atoms with Gasteiger partial charge in [0.15, 0.2) is 0 Å². The molecule has 4 nitrogen and oxygen atoms in total. The molecule has 2 aromatic rings. The molecule has 1 amide bonds. The molecule has 2 aromatic carbocycles. The van der Waals surface area contributed by atoms with Crippen molar-refractivity contribution in [2.75, 3.05) is 19.5 Å². The number of ether oxygens (including phenoxy) is 2. The predicted molar refractivity (Wildman–Crippen MR) is 88.3 cm³/mol. The van der Waals surface area contributed by atoms with Gasteiger partial charge in [-0.3, -0.25) is 4.79 Å². The van der Waals surface area contributed by atoms with Crippen LogP contribution < -0.4 is 14.8 Å². The van der Waals surface area contributed by atoms with E-state index in [1.165, 1.54) is 0 Å². The van der Waals surface area contributed by atoms with E-state index in [0.29, 0.717) is 17.2 Å². The second kappa shape index (κ2) is 7.31. The summed E-state index contributed by atoms with van der Waals surface area (Å²) in [6.45, 7) is 1.90. The van der Waals surface area contributed by atoms with E-state index < -0.39 is 0 Å². The van der Waals surface area contributed by atoms with Crippen LogP contribution in [0.4, 0.5) is 5.69 Å². The van der Waals surface area contributed by atoms with Crippen LogP contribution in [0.5, 0.6) is 11.5 Å². The summed E-state index contributed by atoms with van der Waals surface area (Å²) in [6, 6.07) is 15.0. The summed E-state index contributed by atoms with van der Waals surface area (Å²) in [5.74, 6) is 1.02. The Hall–Kier alpha value is -2.75. The standard InChI is InChI=1S/C18H19NO3/c1-13(14-7-5-4-6-8-14)11-18(20)19-16-10-9-15(21-2)12-17(16)22-3/h4-12H,1-3H3,(H,19,20)/b13-11+. The second-order valence-corrected chi connectivity index (χ2v) is 4.75. The van der Waals surface area contributed by atoms with Crippen molar-refractivity contribution in [2.24, 2.45) is 0 Å². The average molecular weight is 297 g/mol. The van der Waals surface area contributed by atoms with Gasteiger partial charge in [0, 0.05) is 12.1 Å². The maximum Gasteiger partial charge on any atom is 0.248 e. The van der Waals surface area contributed by atoms with Crippen molar-refractivity contribution in [1.29, 1.82) is 0 Å². The molecule has 0 atom stereocenters. The summed E-state index contributed by atoms with van der Waals surface area (Å²) in [5, 5.41) is 2.82. The van der Waals surface area contributed by atoms with Gasteiger partial charge in [-0.1, -0.05) is 30.3 Å². The fraction of sp³-hybridized carbons (Fsp3) is 0.167. The molecule has 0 aromatic heterocycles. The van der Waals surface area contributed by atoms with Crippen molar-refractivity contribution in [3.05, 3.63) is 60.2 Å². The number of hydrogen-bond donors (Lipinski definition) is 1. The van der Waals surface area contributed by atoms with E-state index in [9.17, 15) is 4.79 Å². The van der Waals surface area contributed by atoms with E-state index in [0.717, 1.165) is 11.1 Å². The molecule has 0 radical (unpaired) electrons. The zero-order chi connectivity index (χ0) is 15.9. The zero-order valence-corrected chi connectivity index (χ0v) is 12.9. The van der Waals surface area contributed by atoms with Gasteiger partial charge >= 0.3 is 0 Å². The first kappa shape index (κ1) is 15.6. The molecule has 22 heavy (non-hydrogen) atoms. The van der Waals surface area contributed by atoms with Crippen molar-refractivity contribution in [2.45, 2.75) is 6.92 Å². The van der Waals surface area contributed by atoms with E-state index in [2.05, 4.69) is 5.32 Å². The maximum atomic E-state index is 12.1. The number of nitrogens with one attached hydrogen (secondary N) is 1. The van der Waals surface area contributed by atoms with Crippen LogP contribution in [0.3, 0.4) is 0 Å². The minimum Gasteiger partial charge on any atom is -0.497 e. The smallest absolute Gasteiger partial charge is 0.248 e. The second-order valence-electron chi connectivity index (χ2n) is 4.75. The van der Waals surface area contributed by atoms with Gasteiger partial charge in [0.2, 0.25) is 5.91 Å². The Morgan fingerprint density at radius 1 is 1.05 bits per heavy atom. The number of anilines is 1. The van der Waals surface area contributed by atoms with E-state index in [-0.39, 0.29) is 5.91 Å². The van der Waals surface area contributed by atoms with Crippen LogP contribution in [0.2, 0.25) is 0 Å². The lowest BCUT2D eigenvalue weighted by molar-refractivity contribution is -0.111. The molecular weight excluding hydrogens is 278 g/mol. The minimum atomic E-state index is -0.204. The molecule has 0 saturated carbocycles. The highest BCUT2D eigenvalue weighted by molar-refractivity contribution is 6.04. The molecule has 0 aliphatic heterocycles. The third-order valence-electron chi connectivity index (χ3n) is 3.24. The Morgan fingerprint density at radius 2 is 1.77 bits per heavy atom. The highest BCUT2D eigenvalue weighted by atomic mass is 16.5. The third-order valence-corrected chi connectivity index (χ3v) is 3.24. The SMILES string of the molecule is COc1ccc(NC(=O)/C=C(\C)c2ccccc2)c(OC)c1. The van der Waals surface area contributed by atoms with Crippen LogP contribution in [0, 0.1) is 0 Å². The summed E-state index contributed by atoms with van der Waals surface area (Å²) >= 11 is 0. The predicted octanol–water partition coefficient (Wildman–Crippen LogP) is 3.75. The molecule has 0 aliphatic carbocycles. The van der Waals surface area contributed by atoms with Gasteiger partial charge in [0.1, 0.15) is 11.5 Å². The van der Waals surface area contributed by atoms with Gasteiger partial charge in [0.25, 0.3) is 0 Å². The monoisotopic (exact) mass is 297 g/mol. The van der Waals surface area contributed by atoms with Gasteiger partial charge in [0.05, 0.1) is 19.9 Å².